The number of ether oxygens (including phenoxy) is 2. The highest BCUT2D eigenvalue weighted by atomic mass is 32.2. The van der Waals surface area contributed by atoms with Crippen LogP contribution in [0.25, 0.3) is 6.08 Å². The minimum Gasteiger partial charge on any atom is -0.491 e. The van der Waals surface area contributed by atoms with E-state index in [0.29, 0.717) is 16.4 Å². The van der Waals surface area contributed by atoms with E-state index in [1.54, 1.807) is 30.3 Å². The third kappa shape index (κ3) is 5.11. The Balaban J connectivity index is 1.47. The summed E-state index contributed by atoms with van der Waals surface area (Å²) >= 11 is 0.874. The molecule has 0 saturated carbocycles. The van der Waals surface area contributed by atoms with Crippen molar-refractivity contribution in [2.45, 2.75) is 6.10 Å². The van der Waals surface area contributed by atoms with Crippen LogP contribution in [0.4, 0.5) is 4.79 Å². The molecule has 0 aromatic heterocycles. The van der Waals surface area contributed by atoms with Gasteiger partial charge in [0.25, 0.3) is 11.1 Å². The third-order valence-electron chi connectivity index (χ3n) is 3.45. The monoisotopic (exact) mass is 371 g/mol. The molecule has 1 saturated heterocycles. The average Bonchev–Trinajstić information content (AvgIpc) is 2.97. The van der Waals surface area contributed by atoms with E-state index in [-0.39, 0.29) is 24.4 Å². The molecule has 2 aromatic carbocycles. The number of carbonyl (C=O) groups is 2. The van der Waals surface area contributed by atoms with E-state index in [1.165, 1.54) is 0 Å². The van der Waals surface area contributed by atoms with E-state index >= 15 is 0 Å². The van der Waals surface area contributed by atoms with Gasteiger partial charge in [0, 0.05) is 0 Å². The predicted molar refractivity (Wildman–Crippen MR) is 99.0 cm³/mol. The average molecular weight is 371 g/mol. The number of hydrogen-bond acceptors (Lipinski definition) is 6. The quantitative estimate of drug-likeness (QED) is 0.728. The molecule has 1 aliphatic rings. The van der Waals surface area contributed by atoms with E-state index in [4.69, 9.17) is 9.47 Å². The Morgan fingerprint density at radius 2 is 1.58 bits per heavy atom. The first-order valence-electron chi connectivity index (χ1n) is 7.94. The molecule has 1 heterocycles. The summed E-state index contributed by atoms with van der Waals surface area (Å²) in [6.07, 6.45) is 0.874. The molecule has 1 fully saturated rings. The number of imide groups is 1. The van der Waals surface area contributed by atoms with Gasteiger partial charge >= 0.3 is 0 Å². The van der Waals surface area contributed by atoms with E-state index in [9.17, 15) is 14.7 Å². The lowest BCUT2D eigenvalue weighted by molar-refractivity contribution is -0.115. The van der Waals surface area contributed by atoms with Crippen molar-refractivity contribution < 1.29 is 24.2 Å². The van der Waals surface area contributed by atoms with Crippen LogP contribution >= 0.6 is 11.8 Å². The molecule has 6 nitrogen and oxygen atoms in total. The summed E-state index contributed by atoms with van der Waals surface area (Å²) in [7, 11) is 0. The van der Waals surface area contributed by atoms with E-state index in [2.05, 4.69) is 5.32 Å². The molecular weight excluding hydrogens is 354 g/mol. The highest BCUT2D eigenvalue weighted by Gasteiger charge is 2.24. The van der Waals surface area contributed by atoms with Crippen molar-refractivity contribution >= 4 is 29.0 Å². The number of aliphatic hydroxyl groups excluding tert-OH is 1. The molecule has 7 heteroatoms. The van der Waals surface area contributed by atoms with Gasteiger partial charge in [-0.05, 0) is 47.7 Å². The Hall–Kier alpha value is -2.77. The summed E-state index contributed by atoms with van der Waals surface area (Å²) in [5, 5.41) is 11.8. The Morgan fingerprint density at radius 3 is 2.15 bits per heavy atom. The first kappa shape index (κ1) is 18.0. The number of benzene rings is 2. The molecule has 1 atom stereocenters. The van der Waals surface area contributed by atoms with Crippen LogP contribution in [-0.2, 0) is 4.79 Å². The van der Waals surface area contributed by atoms with Crippen molar-refractivity contribution in [1.29, 1.82) is 0 Å². The molecule has 2 aromatic rings. The predicted octanol–water partition coefficient (Wildman–Crippen LogP) is 2.83. The number of hydrogen-bond donors (Lipinski definition) is 2. The number of aliphatic hydroxyl groups is 1. The van der Waals surface area contributed by atoms with Crippen molar-refractivity contribution in [1.82, 2.24) is 5.32 Å². The molecule has 0 unspecified atom stereocenters. The standard InChI is InChI=1S/C19H17NO5S/c21-14(11-24-15-4-2-1-3-5-15)12-25-16-8-6-13(7-9-16)10-17-18(22)20-19(23)26-17/h1-10,14,21H,11-12H2,(H,20,22,23)/t14-/m0/s1. The second kappa shape index (κ2) is 8.55. The second-order valence-electron chi connectivity index (χ2n) is 5.51. The zero-order valence-electron chi connectivity index (χ0n) is 13.8. The first-order valence-corrected chi connectivity index (χ1v) is 8.75. The SMILES string of the molecule is O=C1NC(=O)C(=Cc2ccc(OC[C@@H](O)COc3ccccc3)cc2)S1. The molecule has 3 rings (SSSR count). The number of carbonyl (C=O) groups excluding carboxylic acids is 2. The minimum absolute atomic E-state index is 0.0973. The van der Waals surface area contributed by atoms with Crippen LogP contribution in [-0.4, -0.2) is 35.6 Å². The molecule has 2 amide bonds. The maximum Gasteiger partial charge on any atom is 0.290 e. The van der Waals surface area contributed by atoms with Gasteiger partial charge in [-0.25, -0.2) is 0 Å². The van der Waals surface area contributed by atoms with Crippen LogP contribution in [0.5, 0.6) is 11.5 Å². The number of rotatable bonds is 7. The van der Waals surface area contributed by atoms with Gasteiger partial charge in [0.15, 0.2) is 0 Å². The Kier molecular flexibility index (Phi) is 5.93. The van der Waals surface area contributed by atoms with E-state index in [1.807, 2.05) is 30.3 Å². The fraction of sp³-hybridized carbons (Fsp3) is 0.158. The van der Waals surface area contributed by atoms with Gasteiger partial charge in [0.2, 0.25) is 0 Å². The number of para-hydroxylation sites is 1. The maximum atomic E-state index is 11.5. The van der Waals surface area contributed by atoms with Crippen LogP contribution in [0.2, 0.25) is 0 Å². The van der Waals surface area contributed by atoms with Crippen molar-refractivity contribution in [2.75, 3.05) is 13.2 Å². The molecule has 0 bridgehead atoms. The van der Waals surface area contributed by atoms with Gasteiger partial charge in [-0.2, -0.15) is 0 Å². The molecule has 0 radical (unpaired) electrons. The van der Waals surface area contributed by atoms with Gasteiger partial charge < -0.3 is 14.6 Å². The fourth-order valence-electron chi connectivity index (χ4n) is 2.18. The Bertz CT molecular complexity index is 804. The van der Waals surface area contributed by atoms with E-state index in [0.717, 1.165) is 17.3 Å². The van der Waals surface area contributed by atoms with Gasteiger partial charge in [-0.1, -0.05) is 30.3 Å². The zero-order chi connectivity index (χ0) is 18.4. The van der Waals surface area contributed by atoms with E-state index < -0.39 is 6.10 Å². The second-order valence-corrected chi connectivity index (χ2v) is 6.52. The van der Waals surface area contributed by atoms with Gasteiger partial charge in [-0.15, -0.1) is 0 Å². The number of thioether (sulfide) groups is 1. The van der Waals surface area contributed by atoms with Crippen molar-refractivity contribution in [3.05, 3.63) is 65.1 Å². The van der Waals surface area contributed by atoms with Crippen LogP contribution in [0.15, 0.2) is 59.5 Å². The maximum absolute atomic E-state index is 11.5. The van der Waals surface area contributed by atoms with Crippen molar-refractivity contribution in [3.8, 4) is 11.5 Å². The molecule has 0 spiro atoms. The highest BCUT2D eigenvalue weighted by Crippen LogP contribution is 2.26. The van der Waals surface area contributed by atoms with Crippen molar-refractivity contribution in [2.24, 2.45) is 0 Å². The lowest BCUT2D eigenvalue weighted by Gasteiger charge is -2.13. The lowest BCUT2D eigenvalue weighted by atomic mass is 10.2. The molecule has 0 aliphatic carbocycles. The van der Waals surface area contributed by atoms with Gasteiger partial charge in [0.05, 0.1) is 4.91 Å². The van der Waals surface area contributed by atoms with Gasteiger partial charge in [0.1, 0.15) is 30.8 Å². The number of amides is 2. The smallest absolute Gasteiger partial charge is 0.290 e. The molecule has 1 aliphatic heterocycles. The van der Waals surface area contributed by atoms with Crippen LogP contribution < -0.4 is 14.8 Å². The van der Waals surface area contributed by atoms with Crippen LogP contribution in [0.3, 0.4) is 0 Å². The summed E-state index contributed by atoms with van der Waals surface area (Å²) in [5.74, 6) is 0.892. The molecule has 2 N–H and O–H groups in total. The highest BCUT2D eigenvalue weighted by molar-refractivity contribution is 8.18. The van der Waals surface area contributed by atoms with Crippen molar-refractivity contribution in [3.63, 3.8) is 0 Å². The number of nitrogens with one attached hydrogen (secondary N) is 1. The Labute approximate surface area is 154 Å². The normalized spacial score (nSPS) is 16.4. The summed E-state index contributed by atoms with van der Waals surface area (Å²) in [4.78, 5) is 23.0. The summed E-state index contributed by atoms with van der Waals surface area (Å²) in [5.41, 5.74) is 0.776. The largest absolute Gasteiger partial charge is 0.491 e. The summed E-state index contributed by atoms with van der Waals surface area (Å²) in [6, 6.07) is 16.2. The summed E-state index contributed by atoms with van der Waals surface area (Å²) < 4.78 is 11.0. The fourth-order valence-corrected chi connectivity index (χ4v) is 2.86. The Morgan fingerprint density at radius 1 is 0.962 bits per heavy atom. The molecule has 134 valence electrons. The molecular formula is C19H17NO5S. The minimum atomic E-state index is -0.762. The third-order valence-corrected chi connectivity index (χ3v) is 4.26. The van der Waals surface area contributed by atoms with Crippen LogP contribution in [0.1, 0.15) is 5.56 Å². The lowest BCUT2D eigenvalue weighted by Crippen LogP contribution is -2.25. The summed E-state index contributed by atoms with van der Waals surface area (Å²) in [6.45, 7) is 0.231. The first-order chi connectivity index (χ1) is 12.6. The van der Waals surface area contributed by atoms with Crippen LogP contribution in [0, 0.1) is 0 Å². The zero-order valence-corrected chi connectivity index (χ0v) is 14.6. The molecule has 26 heavy (non-hydrogen) atoms. The van der Waals surface area contributed by atoms with Gasteiger partial charge in [-0.3, -0.25) is 14.9 Å². The topological polar surface area (TPSA) is 84.9 Å².